The molecule has 1 saturated carbocycles. The number of hydrogen-bond acceptors (Lipinski definition) is 12. The highest BCUT2D eigenvalue weighted by Crippen LogP contribution is 2.37. The summed E-state index contributed by atoms with van der Waals surface area (Å²) in [5, 5.41) is 7.93. The summed E-state index contributed by atoms with van der Waals surface area (Å²) >= 11 is 6.18. The largest absolute Gasteiger partial charge is 0.417 e. The topological polar surface area (TPSA) is 270 Å². The number of hydrogen-bond donors (Lipinski definition) is 3. The van der Waals surface area contributed by atoms with Crippen LogP contribution in [0.1, 0.15) is 140 Å². The van der Waals surface area contributed by atoms with E-state index in [0.29, 0.717) is 36.8 Å². The second-order valence-corrected chi connectivity index (χ2v) is 29.9. The molecule has 2 heterocycles. The zero-order valence-corrected chi connectivity index (χ0v) is 64.5. The van der Waals surface area contributed by atoms with Crippen molar-refractivity contribution in [1.82, 2.24) is 60.0 Å². The molecule has 1 aliphatic carbocycles. The number of alkyl halides is 3. The number of benzene rings is 3. The van der Waals surface area contributed by atoms with Crippen LogP contribution in [-0.4, -0.2) is 251 Å². The zero-order valence-electron chi connectivity index (χ0n) is 63.7. The molecule has 2 saturated heterocycles. The van der Waals surface area contributed by atoms with Gasteiger partial charge < -0.3 is 60.0 Å². The lowest BCUT2D eigenvalue weighted by Gasteiger charge is -2.45. The Morgan fingerprint density at radius 1 is 0.648 bits per heavy atom. The van der Waals surface area contributed by atoms with Crippen LogP contribution in [0.5, 0.6) is 0 Å². The molecule has 3 fully saturated rings. The maximum absolute atomic E-state index is 15.7. The molecule has 3 aromatic rings. The predicted octanol–water partition coefficient (Wildman–Crippen LogP) is 6.29. The highest BCUT2D eigenvalue weighted by atomic mass is 35.5. The molecule has 0 unspecified atom stereocenters. The highest BCUT2D eigenvalue weighted by molar-refractivity contribution is 6.31. The summed E-state index contributed by atoms with van der Waals surface area (Å²) in [6.07, 6.45) is -4.55. The number of amides is 12. The Balaban J connectivity index is 1.51. The van der Waals surface area contributed by atoms with Gasteiger partial charge in [0, 0.05) is 82.8 Å². The summed E-state index contributed by atoms with van der Waals surface area (Å²) in [4.78, 5) is 191. The first kappa shape index (κ1) is 85.2. The van der Waals surface area contributed by atoms with Gasteiger partial charge in [-0.05, 0) is 111 Å². The van der Waals surface area contributed by atoms with Crippen LogP contribution in [0.25, 0.3) is 0 Å². The van der Waals surface area contributed by atoms with Gasteiger partial charge in [0.2, 0.25) is 70.9 Å². The lowest BCUT2D eigenvalue weighted by atomic mass is 9.90. The molecule has 24 nitrogen and oxygen atoms in total. The number of fused-ring (bicyclic) bond motifs is 1. The standard InChI is InChI=1S/C76H107ClF4N12O12/c1-18-46(6)63-72(103)87(12)48(8)67(98)93-37-34-56(93)71(102)90(15)59(41-50-24-22-45(5)23-25-50)70(101)86(11)43-61(94)82-55(33-29-49-28-32-53(54(77)39-49)76(79,80)81)68(99)89(14)58(40-51-26-30-52(78)31-27-51)66(97)84-75(35-20-21-36-75)74(105)92(17)64(47(7)19-2)73(104)91(16)60(69(100)85(9)10)42-62(95)88(13)57(38-44(3)4)65(96)83-63/h22-28,30-32,39,44,46-48,55-60,63-64H,18-21,29,33-38,40-43H2,1-17H3,(H,82,94)(H,83,96)(H,84,97)/t46-,47-,48-,55-,56-,57-,58-,59-,60-,63-,64-/m0/s1. The number of carbonyl (C=O) groups excluding carboxylic acids is 12. The second kappa shape index (κ2) is 36.5. The first-order chi connectivity index (χ1) is 49.1. The second-order valence-electron chi connectivity index (χ2n) is 29.5. The lowest BCUT2D eigenvalue weighted by Crippen LogP contribution is -2.65. The average molecular weight is 1490 g/mol. The van der Waals surface area contributed by atoms with Crippen LogP contribution >= 0.6 is 11.6 Å². The molecule has 0 bridgehead atoms. The fourth-order valence-electron chi connectivity index (χ4n) is 13.9. The molecule has 29 heteroatoms. The van der Waals surface area contributed by atoms with Gasteiger partial charge in [0.05, 0.1) is 23.6 Å². The minimum atomic E-state index is -4.81. The number of nitrogens with zero attached hydrogens (tertiary/aromatic N) is 9. The van der Waals surface area contributed by atoms with Crippen molar-refractivity contribution in [1.29, 1.82) is 0 Å². The number of aryl methyl sites for hydroxylation is 2. The summed E-state index contributed by atoms with van der Waals surface area (Å²) in [5.74, 6) is -11.0. The molecule has 3 aromatic carbocycles. The van der Waals surface area contributed by atoms with E-state index >= 15 is 24.0 Å². The molecule has 0 aromatic heterocycles. The van der Waals surface area contributed by atoms with Crippen LogP contribution in [0.15, 0.2) is 66.7 Å². The van der Waals surface area contributed by atoms with Gasteiger partial charge in [0.15, 0.2) is 0 Å². The summed E-state index contributed by atoms with van der Waals surface area (Å²) in [5.41, 5.74) is -0.789. The third-order valence-electron chi connectivity index (χ3n) is 21.4. The van der Waals surface area contributed by atoms with Gasteiger partial charge in [-0.3, -0.25) is 57.5 Å². The van der Waals surface area contributed by atoms with E-state index < -0.39 is 178 Å². The SMILES string of the molecule is CC[C@H](C)[C@@H]1NC(=O)[C@H](CC(C)C)N(C)C(=O)C[C@@H](C(=O)N(C)C)N(C)C(=O)[C@H]([C@@H](C)CC)N(C)C(=O)C2(CCCC2)NC(=O)[C@H](Cc2ccc(F)cc2)N(C)C(=O)[C@H](CCc2ccc(C(F)(F)F)c(Cl)c2)NC(=O)CN(C)C(=O)[C@H](Cc2ccc(C)cc2)N(C)C(=O)[C@@H]2CCN2C(=O)[C@H](C)N(C)C1=O. The van der Waals surface area contributed by atoms with E-state index in [1.807, 2.05) is 39.8 Å². The van der Waals surface area contributed by atoms with Crippen molar-refractivity contribution in [3.05, 3.63) is 105 Å². The van der Waals surface area contributed by atoms with Gasteiger partial charge in [0.25, 0.3) is 0 Å². The maximum Gasteiger partial charge on any atom is 0.417 e. The Labute approximate surface area is 619 Å². The Bertz CT molecular complexity index is 3650. The smallest absolute Gasteiger partial charge is 0.347 e. The fraction of sp³-hybridized carbons (Fsp3) is 0.605. The maximum atomic E-state index is 15.7. The van der Waals surface area contributed by atoms with Crippen molar-refractivity contribution >= 4 is 82.5 Å². The van der Waals surface area contributed by atoms with Crippen molar-refractivity contribution in [3.63, 3.8) is 0 Å². The van der Waals surface area contributed by atoms with Crippen molar-refractivity contribution in [2.45, 2.75) is 205 Å². The van der Waals surface area contributed by atoms with Gasteiger partial charge in [-0.15, -0.1) is 0 Å². The summed E-state index contributed by atoms with van der Waals surface area (Å²) < 4.78 is 56.5. The van der Waals surface area contributed by atoms with Crippen LogP contribution in [0.4, 0.5) is 17.6 Å². The van der Waals surface area contributed by atoms with Gasteiger partial charge in [-0.2, -0.15) is 13.2 Å². The molecule has 0 radical (unpaired) electrons. The molecular weight excluding hydrogens is 1380 g/mol. The van der Waals surface area contributed by atoms with Crippen LogP contribution in [0, 0.1) is 30.5 Å². The van der Waals surface area contributed by atoms with Gasteiger partial charge in [-0.25, -0.2) is 4.39 Å². The predicted molar refractivity (Wildman–Crippen MR) is 387 cm³/mol. The summed E-state index contributed by atoms with van der Waals surface area (Å²) in [6, 6.07) is 3.05. The van der Waals surface area contributed by atoms with Crippen LogP contribution in [0.3, 0.4) is 0 Å². The molecule has 2 aliphatic heterocycles. The number of likely N-dealkylation sites (N-methyl/N-ethyl adjacent to an activating group) is 8. The van der Waals surface area contributed by atoms with E-state index in [2.05, 4.69) is 16.0 Å². The Morgan fingerprint density at radius 3 is 1.74 bits per heavy atom. The molecule has 11 atom stereocenters. The zero-order chi connectivity index (χ0) is 78.6. The molecular formula is C76H107ClF4N12O12. The molecule has 3 N–H and O–H groups in total. The average Bonchev–Trinajstić information content (AvgIpc) is 1.71. The minimum Gasteiger partial charge on any atom is -0.347 e. The molecule has 578 valence electrons. The number of halogens is 5. The quantitative estimate of drug-likeness (QED) is 0.150. The van der Waals surface area contributed by atoms with Gasteiger partial charge in [0.1, 0.15) is 65.7 Å². The van der Waals surface area contributed by atoms with E-state index in [4.69, 9.17) is 11.6 Å². The summed E-state index contributed by atoms with van der Waals surface area (Å²) in [6.45, 7) is 13.4. The van der Waals surface area contributed by atoms with Crippen molar-refractivity contribution < 1.29 is 75.1 Å². The first-order valence-corrected chi connectivity index (χ1v) is 36.4. The highest BCUT2D eigenvalue weighted by Gasteiger charge is 2.51. The van der Waals surface area contributed by atoms with Gasteiger partial charge >= 0.3 is 6.18 Å². The van der Waals surface area contributed by atoms with E-state index in [-0.39, 0.29) is 69.4 Å². The van der Waals surface area contributed by atoms with Crippen molar-refractivity contribution in [2.75, 3.05) is 76.5 Å². The van der Waals surface area contributed by atoms with Crippen LogP contribution in [0.2, 0.25) is 5.02 Å². The normalized spacial score (nSPS) is 24.8. The third kappa shape index (κ3) is 20.7. The fourth-order valence-corrected chi connectivity index (χ4v) is 14.2. The lowest BCUT2D eigenvalue weighted by molar-refractivity contribution is -0.160. The monoisotopic (exact) mass is 1490 g/mol. The van der Waals surface area contributed by atoms with Crippen molar-refractivity contribution in [2.24, 2.45) is 17.8 Å². The van der Waals surface area contributed by atoms with Crippen LogP contribution < -0.4 is 16.0 Å². The van der Waals surface area contributed by atoms with Gasteiger partial charge in [-0.1, -0.05) is 127 Å². The molecule has 1 spiro atoms. The van der Waals surface area contributed by atoms with E-state index in [1.54, 1.807) is 32.9 Å². The number of carbonyl (C=O) groups is 12. The van der Waals surface area contributed by atoms with E-state index in [9.17, 15) is 51.1 Å². The Kier molecular flexibility index (Phi) is 29.7. The van der Waals surface area contributed by atoms with E-state index in [1.165, 1.54) is 112 Å². The number of rotatable bonds is 14. The summed E-state index contributed by atoms with van der Waals surface area (Å²) in [7, 11) is 12.4. The molecule has 105 heavy (non-hydrogen) atoms. The van der Waals surface area contributed by atoms with E-state index in [0.717, 1.165) is 50.6 Å². The molecule has 6 rings (SSSR count). The Morgan fingerprint density at radius 2 is 1.21 bits per heavy atom. The molecule has 12 amide bonds. The molecule has 3 aliphatic rings. The van der Waals surface area contributed by atoms with Crippen molar-refractivity contribution in [3.8, 4) is 0 Å². The number of nitrogens with one attached hydrogen (secondary N) is 3. The third-order valence-corrected chi connectivity index (χ3v) is 21.7. The minimum absolute atomic E-state index is 0.0466. The van der Waals surface area contributed by atoms with Crippen LogP contribution in [-0.2, 0) is 83.0 Å². The Hall–Kier alpha value is -8.69. The first-order valence-electron chi connectivity index (χ1n) is 36.0.